The minimum absolute atomic E-state index is 0.0301. The SMILES string of the molecule is Cc1ccc(F)cc1NCc1ccc([N+](=O)[O-])cc1Br. The zero-order valence-corrected chi connectivity index (χ0v) is 12.3. The van der Waals surface area contributed by atoms with Crippen molar-refractivity contribution in [3.8, 4) is 0 Å². The van der Waals surface area contributed by atoms with Gasteiger partial charge >= 0.3 is 0 Å². The molecule has 2 aromatic rings. The van der Waals surface area contributed by atoms with E-state index in [1.54, 1.807) is 12.1 Å². The van der Waals surface area contributed by atoms with Crippen LogP contribution in [0.3, 0.4) is 0 Å². The molecule has 20 heavy (non-hydrogen) atoms. The highest BCUT2D eigenvalue weighted by Gasteiger charge is 2.09. The van der Waals surface area contributed by atoms with E-state index in [1.165, 1.54) is 24.3 Å². The Balaban J connectivity index is 2.15. The number of halogens is 2. The van der Waals surface area contributed by atoms with Gasteiger partial charge in [0.05, 0.1) is 4.92 Å². The minimum Gasteiger partial charge on any atom is -0.381 e. The van der Waals surface area contributed by atoms with Crippen molar-refractivity contribution >= 4 is 27.3 Å². The number of nitrogens with one attached hydrogen (secondary N) is 1. The largest absolute Gasteiger partial charge is 0.381 e. The Morgan fingerprint density at radius 3 is 2.70 bits per heavy atom. The van der Waals surface area contributed by atoms with Crippen molar-refractivity contribution in [2.24, 2.45) is 0 Å². The minimum atomic E-state index is -0.446. The van der Waals surface area contributed by atoms with E-state index in [-0.39, 0.29) is 11.5 Å². The predicted molar refractivity (Wildman–Crippen MR) is 79.3 cm³/mol. The second kappa shape index (κ2) is 6.00. The third-order valence-corrected chi connectivity index (χ3v) is 3.65. The number of non-ortho nitro benzene ring substituents is 1. The summed E-state index contributed by atoms with van der Waals surface area (Å²) in [5.41, 5.74) is 2.53. The highest BCUT2D eigenvalue weighted by Crippen LogP contribution is 2.24. The molecule has 2 aromatic carbocycles. The van der Waals surface area contributed by atoms with Gasteiger partial charge in [0.2, 0.25) is 0 Å². The monoisotopic (exact) mass is 338 g/mol. The van der Waals surface area contributed by atoms with E-state index in [0.29, 0.717) is 16.7 Å². The molecule has 0 aliphatic rings. The van der Waals surface area contributed by atoms with Gasteiger partial charge in [-0.2, -0.15) is 0 Å². The van der Waals surface area contributed by atoms with Crippen LogP contribution in [0.5, 0.6) is 0 Å². The molecular formula is C14H12BrFN2O2. The first-order chi connectivity index (χ1) is 9.47. The lowest BCUT2D eigenvalue weighted by molar-refractivity contribution is -0.384. The molecule has 2 rings (SSSR count). The van der Waals surface area contributed by atoms with Crippen molar-refractivity contribution in [3.05, 3.63) is 67.9 Å². The molecule has 1 N–H and O–H groups in total. The summed E-state index contributed by atoms with van der Waals surface area (Å²) in [7, 11) is 0. The zero-order valence-electron chi connectivity index (χ0n) is 10.7. The van der Waals surface area contributed by atoms with E-state index >= 15 is 0 Å². The van der Waals surface area contributed by atoms with Gasteiger partial charge in [-0.15, -0.1) is 0 Å². The number of hydrogen-bond donors (Lipinski definition) is 1. The van der Waals surface area contributed by atoms with E-state index in [0.717, 1.165) is 11.1 Å². The maximum atomic E-state index is 13.2. The quantitative estimate of drug-likeness (QED) is 0.663. The average molecular weight is 339 g/mol. The molecule has 0 spiro atoms. The Hall–Kier alpha value is -1.95. The van der Waals surface area contributed by atoms with Crippen LogP contribution < -0.4 is 5.32 Å². The van der Waals surface area contributed by atoms with Gasteiger partial charge < -0.3 is 5.32 Å². The van der Waals surface area contributed by atoms with Crippen molar-refractivity contribution in [3.63, 3.8) is 0 Å². The summed E-state index contributed by atoms with van der Waals surface area (Å²) in [4.78, 5) is 10.2. The molecule has 6 heteroatoms. The first-order valence-electron chi connectivity index (χ1n) is 5.90. The van der Waals surface area contributed by atoms with Crippen LogP contribution in [0.1, 0.15) is 11.1 Å². The second-order valence-corrected chi connectivity index (χ2v) is 5.20. The summed E-state index contributed by atoms with van der Waals surface area (Å²) in [6.45, 7) is 2.33. The zero-order chi connectivity index (χ0) is 14.7. The average Bonchev–Trinajstić information content (AvgIpc) is 2.40. The first-order valence-corrected chi connectivity index (χ1v) is 6.69. The number of nitro groups is 1. The number of hydrogen-bond acceptors (Lipinski definition) is 3. The lowest BCUT2D eigenvalue weighted by atomic mass is 10.1. The van der Waals surface area contributed by atoms with Crippen molar-refractivity contribution < 1.29 is 9.31 Å². The Morgan fingerprint density at radius 1 is 1.30 bits per heavy atom. The van der Waals surface area contributed by atoms with Crippen molar-refractivity contribution in [1.82, 2.24) is 0 Å². The van der Waals surface area contributed by atoms with Crippen LogP contribution in [-0.4, -0.2) is 4.92 Å². The maximum Gasteiger partial charge on any atom is 0.270 e. The topological polar surface area (TPSA) is 55.2 Å². The van der Waals surface area contributed by atoms with Crippen LogP contribution in [0.2, 0.25) is 0 Å². The van der Waals surface area contributed by atoms with Gasteiger partial charge in [-0.25, -0.2) is 4.39 Å². The number of benzene rings is 2. The van der Waals surface area contributed by atoms with E-state index in [9.17, 15) is 14.5 Å². The molecule has 0 atom stereocenters. The van der Waals surface area contributed by atoms with Crippen LogP contribution in [0, 0.1) is 22.9 Å². The van der Waals surface area contributed by atoms with Crippen LogP contribution in [0.25, 0.3) is 0 Å². The fraction of sp³-hybridized carbons (Fsp3) is 0.143. The number of nitrogens with zero attached hydrogens (tertiary/aromatic N) is 1. The lowest BCUT2D eigenvalue weighted by Gasteiger charge is -2.11. The molecule has 0 aromatic heterocycles. The van der Waals surface area contributed by atoms with Gasteiger partial charge in [-0.1, -0.05) is 22.0 Å². The third-order valence-electron chi connectivity index (χ3n) is 2.92. The molecule has 0 radical (unpaired) electrons. The lowest BCUT2D eigenvalue weighted by Crippen LogP contribution is -2.02. The van der Waals surface area contributed by atoms with Gasteiger partial charge in [0.15, 0.2) is 0 Å². The smallest absolute Gasteiger partial charge is 0.270 e. The van der Waals surface area contributed by atoms with E-state index in [2.05, 4.69) is 21.2 Å². The van der Waals surface area contributed by atoms with E-state index in [4.69, 9.17) is 0 Å². The molecule has 0 amide bonds. The standard InChI is InChI=1S/C14H12BrFN2O2/c1-9-2-4-11(16)6-14(9)17-8-10-3-5-12(18(19)20)7-13(10)15/h2-7,17H,8H2,1H3. The molecule has 0 aliphatic heterocycles. The number of rotatable bonds is 4. The van der Waals surface area contributed by atoms with Crippen molar-refractivity contribution in [2.45, 2.75) is 13.5 Å². The Morgan fingerprint density at radius 2 is 2.05 bits per heavy atom. The Bertz CT molecular complexity index is 662. The first kappa shape index (κ1) is 14.5. The summed E-state index contributed by atoms with van der Waals surface area (Å²) >= 11 is 3.30. The fourth-order valence-electron chi connectivity index (χ4n) is 1.77. The van der Waals surface area contributed by atoms with Crippen LogP contribution in [-0.2, 0) is 6.54 Å². The molecule has 0 unspecified atom stereocenters. The van der Waals surface area contributed by atoms with Crippen LogP contribution in [0.4, 0.5) is 15.8 Å². The van der Waals surface area contributed by atoms with Gasteiger partial charge in [0.25, 0.3) is 5.69 Å². The fourth-order valence-corrected chi connectivity index (χ4v) is 2.28. The summed E-state index contributed by atoms with van der Waals surface area (Å²) in [6, 6.07) is 9.10. The Labute approximate surface area is 123 Å². The highest BCUT2D eigenvalue weighted by molar-refractivity contribution is 9.10. The Kier molecular flexibility index (Phi) is 4.34. The summed E-state index contributed by atoms with van der Waals surface area (Å²) in [6.07, 6.45) is 0. The summed E-state index contributed by atoms with van der Waals surface area (Å²) < 4.78 is 13.8. The molecular weight excluding hydrogens is 327 g/mol. The van der Waals surface area contributed by atoms with Crippen LogP contribution >= 0.6 is 15.9 Å². The summed E-state index contributed by atoms with van der Waals surface area (Å²) in [5.74, 6) is -0.305. The normalized spacial score (nSPS) is 10.3. The van der Waals surface area contributed by atoms with Crippen LogP contribution in [0.15, 0.2) is 40.9 Å². The van der Waals surface area contributed by atoms with Gasteiger partial charge in [-0.05, 0) is 36.2 Å². The van der Waals surface area contributed by atoms with E-state index < -0.39 is 4.92 Å². The molecule has 0 saturated heterocycles. The molecule has 104 valence electrons. The molecule has 4 nitrogen and oxygen atoms in total. The molecule has 0 bridgehead atoms. The summed E-state index contributed by atoms with van der Waals surface area (Å²) in [5, 5.41) is 13.8. The van der Waals surface area contributed by atoms with Gasteiger partial charge in [-0.3, -0.25) is 10.1 Å². The number of anilines is 1. The third kappa shape index (κ3) is 3.33. The molecule has 0 fully saturated rings. The predicted octanol–water partition coefficient (Wildman–Crippen LogP) is 4.42. The molecule has 0 saturated carbocycles. The second-order valence-electron chi connectivity index (χ2n) is 4.35. The highest BCUT2D eigenvalue weighted by atomic mass is 79.9. The maximum absolute atomic E-state index is 13.2. The molecule has 0 aliphatic carbocycles. The number of nitro benzene ring substituents is 1. The van der Waals surface area contributed by atoms with E-state index in [1.807, 2.05) is 6.92 Å². The van der Waals surface area contributed by atoms with Crippen molar-refractivity contribution in [1.29, 1.82) is 0 Å². The number of aryl methyl sites for hydroxylation is 1. The molecule has 0 heterocycles. The van der Waals surface area contributed by atoms with Crippen molar-refractivity contribution in [2.75, 3.05) is 5.32 Å². The van der Waals surface area contributed by atoms with Gasteiger partial charge in [0.1, 0.15) is 5.82 Å². The van der Waals surface area contributed by atoms with Gasteiger partial charge in [0, 0.05) is 28.8 Å².